The summed E-state index contributed by atoms with van der Waals surface area (Å²) in [5, 5.41) is 10.5. The van der Waals surface area contributed by atoms with Gasteiger partial charge in [-0.1, -0.05) is 61.0 Å². The third-order valence-corrected chi connectivity index (χ3v) is 5.18. The van der Waals surface area contributed by atoms with E-state index in [4.69, 9.17) is 4.74 Å². The van der Waals surface area contributed by atoms with Gasteiger partial charge in [0.25, 0.3) is 5.69 Å². The van der Waals surface area contributed by atoms with E-state index in [1.54, 1.807) is 0 Å². The molecule has 2 heterocycles. The van der Waals surface area contributed by atoms with Crippen LogP contribution >= 0.6 is 0 Å². The standard InChI is InChI=1S/C17H22NO2.C6H14/c1-10-6-7-12-8-13-11(2)16(17(3,4)5)18(19)14(13)9-15(12)20-10;1-5-6(2,3)4/h6-11,19H,1-5H3;5H2,1-4H3/q+1;/t10-,11?;/m1./s1. The summed E-state index contributed by atoms with van der Waals surface area (Å²) in [7, 11) is 0. The van der Waals surface area contributed by atoms with Gasteiger partial charge >= 0.3 is 0 Å². The van der Waals surface area contributed by atoms with Gasteiger partial charge in [0.2, 0.25) is 5.71 Å². The summed E-state index contributed by atoms with van der Waals surface area (Å²) in [4.78, 5) is 0. The number of benzene rings is 1. The maximum absolute atomic E-state index is 10.5. The van der Waals surface area contributed by atoms with Crippen LogP contribution in [0, 0.1) is 10.8 Å². The molecule has 2 aliphatic rings. The van der Waals surface area contributed by atoms with Crippen molar-refractivity contribution in [2.75, 3.05) is 0 Å². The van der Waals surface area contributed by atoms with E-state index in [0.29, 0.717) is 5.41 Å². The van der Waals surface area contributed by atoms with Crippen molar-refractivity contribution >= 4 is 17.5 Å². The highest BCUT2D eigenvalue weighted by Crippen LogP contribution is 2.43. The molecular formula is C23H36NO2+. The lowest BCUT2D eigenvalue weighted by Gasteiger charge is -2.19. The zero-order valence-corrected chi connectivity index (χ0v) is 18.0. The lowest BCUT2D eigenvalue weighted by atomic mass is 9.81. The molecule has 1 unspecified atom stereocenters. The lowest BCUT2D eigenvalue weighted by Crippen LogP contribution is -2.28. The molecule has 0 saturated heterocycles. The van der Waals surface area contributed by atoms with E-state index in [9.17, 15) is 5.21 Å². The highest BCUT2D eigenvalue weighted by Gasteiger charge is 2.45. The SMILES string of the molecule is CC1C(C(C)(C)C)=[N+](O)c2cc3c(cc21)C=C[C@@H](C)O3.CCC(C)(C)C. The summed E-state index contributed by atoms with van der Waals surface area (Å²) in [6.45, 7) is 19.5. The quantitative estimate of drug-likeness (QED) is 0.421. The van der Waals surface area contributed by atoms with E-state index in [1.165, 1.54) is 16.7 Å². The van der Waals surface area contributed by atoms with Crippen LogP contribution in [0.2, 0.25) is 0 Å². The van der Waals surface area contributed by atoms with E-state index in [1.807, 2.05) is 13.0 Å². The van der Waals surface area contributed by atoms with E-state index < -0.39 is 0 Å². The van der Waals surface area contributed by atoms with Crippen LogP contribution in [0.15, 0.2) is 18.2 Å². The van der Waals surface area contributed by atoms with Crippen molar-refractivity contribution in [2.45, 2.75) is 80.8 Å². The second-order valence-corrected chi connectivity index (χ2v) is 9.71. The van der Waals surface area contributed by atoms with Crippen molar-refractivity contribution in [1.29, 1.82) is 0 Å². The number of hydrogen-bond donors (Lipinski definition) is 1. The Hall–Kier alpha value is -1.77. The molecule has 3 nitrogen and oxygen atoms in total. The number of rotatable bonds is 0. The van der Waals surface area contributed by atoms with Crippen molar-refractivity contribution in [2.24, 2.45) is 10.8 Å². The van der Waals surface area contributed by atoms with Gasteiger partial charge in [-0.2, -0.15) is 0 Å². The van der Waals surface area contributed by atoms with E-state index in [2.05, 4.69) is 73.6 Å². The Kier molecular flexibility index (Phi) is 5.60. The molecule has 0 fully saturated rings. The molecule has 2 aliphatic heterocycles. The number of hydrogen-bond acceptors (Lipinski definition) is 2. The molecule has 0 aromatic heterocycles. The molecule has 144 valence electrons. The van der Waals surface area contributed by atoms with Gasteiger partial charge in [-0.25, -0.2) is 0 Å². The Morgan fingerprint density at radius 3 is 2.15 bits per heavy atom. The molecular weight excluding hydrogens is 322 g/mol. The minimum atomic E-state index is -0.0717. The van der Waals surface area contributed by atoms with Gasteiger partial charge in [0, 0.05) is 21.3 Å². The topological polar surface area (TPSA) is 32.5 Å². The third kappa shape index (κ3) is 4.31. The molecule has 0 amide bonds. The molecule has 0 radical (unpaired) electrons. The van der Waals surface area contributed by atoms with Gasteiger partial charge in [0.15, 0.2) is 0 Å². The summed E-state index contributed by atoms with van der Waals surface area (Å²) in [6.07, 6.45) is 5.51. The first-order valence-corrected chi connectivity index (χ1v) is 9.74. The fraction of sp³-hybridized carbons (Fsp3) is 0.609. The fourth-order valence-corrected chi connectivity index (χ4v) is 3.27. The van der Waals surface area contributed by atoms with Crippen molar-refractivity contribution in [3.63, 3.8) is 0 Å². The monoisotopic (exact) mass is 358 g/mol. The number of ether oxygens (including phenoxy) is 1. The van der Waals surface area contributed by atoms with Crippen molar-refractivity contribution in [1.82, 2.24) is 0 Å². The normalized spacial score (nSPS) is 21.6. The highest BCUT2D eigenvalue weighted by molar-refractivity contribution is 5.95. The molecule has 1 aromatic carbocycles. The molecule has 0 saturated carbocycles. The minimum absolute atomic E-state index is 0.0717. The summed E-state index contributed by atoms with van der Waals surface area (Å²) in [6, 6.07) is 4.10. The maximum Gasteiger partial charge on any atom is 0.264 e. The van der Waals surface area contributed by atoms with Gasteiger partial charge in [-0.05, 0) is 31.4 Å². The van der Waals surface area contributed by atoms with Crippen LogP contribution in [0.25, 0.3) is 6.08 Å². The molecule has 0 spiro atoms. The number of fused-ring (bicyclic) bond motifs is 2. The van der Waals surface area contributed by atoms with Crippen molar-refractivity contribution in [3.8, 4) is 5.75 Å². The average Bonchev–Trinajstić information content (AvgIpc) is 2.76. The Bertz CT molecular complexity index is 730. The lowest BCUT2D eigenvalue weighted by molar-refractivity contribution is -0.713. The first-order chi connectivity index (χ1) is 11.8. The molecule has 3 rings (SSSR count). The van der Waals surface area contributed by atoms with Crippen LogP contribution < -0.4 is 4.74 Å². The van der Waals surface area contributed by atoms with E-state index >= 15 is 0 Å². The Morgan fingerprint density at radius 2 is 1.65 bits per heavy atom. The zero-order chi connectivity index (χ0) is 19.9. The molecule has 1 N–H and O–H groups in total. The van der Waals surface area contributed by atoms with Crippen LogP contribution in [0.3, 0.4) is 0 Å². The highest BCUT2D eigenvalue weighted by atomic mass is 16.5. The second-order valence-electron chi connectivity index (χ2n) is 9.71. The van der Waals surface area contributed by atoms with Crippen LogP contribution in [0.1, 0.15) is 85.8 Å². The molecule has 26 heavy (non-hydrogen) atoms. The summed E-state index contributed by atoms with van der Waals surface area (Å²) < 4.78 is 7.18. The van der Waals surface area contributed by atoms with Crippen molar-refractivity contribution < 1.29 is 14.7 Å². The van der Waals surface area contributed by atoms with Crippen LogP contribution in [-0.2, 0) is 0 Å². The van der Waals surface area contributed by atoms with Crippen LogP contribution in [0.4, 0.5) is 5.69 Å². The molecule has 3 heteroatoms. The van der Waals surface area contributed by atoms with Gasteiger partial charge in [0.05, 0.1) is 12.0 Å². The van der Waals surface area contributed by atoms with Gasteiger partial charge < -0.3 is 4.74 Å². The van der Waals surface area contributed by atoms with Gasteiger partial charge in [-0.3, -0.25) is 5.21 Å². The summed E-state index contributed by atoms with van der Waals surface area (Å²) in [5.41, 5.74) is 4.62. The summed E-state index contributed by atoms with van der Waals surface area (Å²) in [5.74, 6) is 1.06. The largest absolute Gasteiger partial charge is 0.486 e. The van der Waals surface area contributed by atoms with Gasteiger partial charge in [0.1, 0.15) is 11.9 Å². The molecule has 2 atom stereocenters. The Balaban J connectivity index is 0.000000352. The average molecular weight is 359 g/mol. The fourth-order valence-electron chi connectivity index (χ4n) is 3.27. The van der Waals surface area contributed by atoms with Crippen molar-refractivity contribution in [3.05, 3.63) is 29.3 Å². The first-order valence-electron chi connectivity index (χ1n) is 9.74. The smallest absolute Gasteiger partial charge is 0.264 e. The minimum Gasteiger partial charge on any atom is -0.486 e. The predicted octanol–water partition coefficient (Wildman–Crippen LogP) is 6.56. The maximum atomic E-state index is 10.5. The van der Waals surface area contributed by atoms with E-state index in [-0.39, 0.29) is 17.4 Å². The molecule has 0 bridgehead atoms. The zero-order valence-electron chi connectivity index (χ0n) is 18.0. The van der Waals surface area contributed by atoms with Gasteiger partial charge in [-0.15, -0.1) is 0 Å². The molecule has 0 aliphatic carbocycles. The number of nitrogens with zero attached hydrogens (tertiary/aromatic N) is 1. The van der Waals surface area contributed by atoms with Crippen LogP contribution in [-0.4, -0.2) is 21.8 Å². The Morgan fingerprint density at radius 1 is 1.08 bits per heavy atom. The van der Waals surface area contributed by atoms with E-state index in [0.717, 1.165) is 22.7 Å². The first kappa shape index (κ1) is 20.5. The predicted molar refractivity (Wildman–Crippen MR) is 110 cm³/mol. The third-order valence-electron chi connectivity index (χ3n) is 5.18. The molecule has 1 aromatic rings. The second kappa shape index (κ2) is 7.09. The van der Waals surface area contributed by atoms with Crippen LogP contribution in [0.5, 0.6) is 5.75 Å². The Labute approximate surface area is 159 Å². The summed E-state index contributed by atoms with van der Waals surface area (Å²) >= 11 is 0.